The molecule has 1 fully saturated rings. The van der Waals surface area contributed by atoms with E-state index in [2.05, 4.69) is 17.9 Å². The summed E-state index contributed by atoms with van der Waals surface area (Å²) in [5, 5.41) is 0.370. The van der Waals surface area contributed by atoms with Gasteiger partial charge in [-0.05, 0) is 0 Å². The molecule has 68 valence electrons. The van der Waals surface area contributed by atoms with Gasteiger partial charge in [0, 0.05) is 11.2 Å². The number of carbonyl (C=O) groups excluding carboxylic acids is 1. The summed E-state index contributed by atoms with van der Waals surface area (Å²) in [6, 6.07) is 0. The van der Waals surface area contributed by atoms with Crippen LogP contribution in [0.4, 0.5) is 0 Å². The van der Waals surface area contributed by atoms with Gasteiger partial charge in [0.15, 0.2) is 0 Å². The number of allylic oxidation sites excluding steroid dienone is 3. The number of ether oxygens (including phenoxy) is 1. The van der Waals surface area contributed by atoms with E-state index in [4.69, 9.17) is 4.74 Å². The molecule has 2 nitrogen and oxygen atoms in total. The van der Waals surface area contributed by atoms with Crippen LogP contribution in [0.15, 0.2) is 24.3 Å². The minimum Gasteiger partial charge on any atom is -0.469 e. The molecule has 1 aliphatic heterocycles. The zero-order valence-corrected chi connectivity index (χ0v) is 8.08. The fourth-order valence-corrected chi connectivity index (χ4v) is 2.72. The molecule has 2 aliphatic rings. The quantitative estimate of drug-likeness (QED) is 0.594. The summed E-state index contributed by atoms with van der Waals surface area (Å²) in [5.41, 5.74) is 0. The van der Waals surface area contributed by atoms with Crippen molar-refractivity contribution in [3.63, 3.8) is 0 Å². The molecule has 1 saturated heterocycles. The average Bonchev–Trinajstić information content (AvgIpc) is 2.60. The van der Waals surface area contributed by atoms with Crippen molar-refractivity contribution < 1.29 is 9.53 Å². The Morgan fingerprint density at radius 1 is 1.46 bits per heavy atom. The number of rotatable bonds is 1. The first kappa shape index (κ1) is 8.88. The van der Waals surface area contributed by atoms with Gasteiger partial charge in [0.2, 0.25) is 0 Å². The number of esters is 1. The van der Waals surface area contributed by atoms with E-state index in [1.807, 2.05) is 12.2 Å². The Bertz CT molecular complexity index is 270. The summed E-state index contributed by atoms with van der Waals surface area (Å²) in [6.07, 6.45) is 8.14. The highest BCUT2D eigenvalue weighted by Crippen LogP contribution is 2.43. The fraction of sp³-hybridized carbons (Fsp3) is 0.400. The van der Waals surface area contributed by atoms with Crippen LogP contribution in [0.1, 0.15) is 0 Å². The molecule has 0 amide bonds. The standard InChI is InChI=1S/C10H10O2S/c1-12-10(11)8-6-13-9-5-3-2-4-7(8)9/h2-5,7-9H,1H3. The van der Waals surface area contributed by atoms with Crippen molar-refractivity contribution in [3.8, 4) is 0 Å². The molecular weight excluding hydrogens is 184 g/mol. The molecule has 0 spiro atoms. The molecule has 3 heteroatoms. The van der Waals surface area contributed by atoms with Crippen LogP contribution >= 0.6 is 11.8 Å². The predicted octanol–water partition coefficient (Wildman–Crippen LogP) is 1.67. The molecule has 0 saturated carbocycles. The van der Waals surface area contributed by atoms with Crippen molar-refractivity contribution in [2.75, 3.05) is 7.11 Å². The Labute approximate surface area is 82.0 Å². The highest BCUT2D eigenvalue weighted by molar-refractivity contribution is 8.02. The maximum Gasteiger partial charge on any atom is 0.310 e. The topological polar surface area (TPSA) is 26.3 Å². The monoisotopic (exact) mass is 194 g/mol. The van der Waals surface area contributed by atoms with Gasteiger partial charge in [-0.2, -0.15) is 0 Å². The lowest BCUT2D eigenvalue weighted by molar-refractivity contribution is -0.144. The van der Waals surface area contributed by atoms with E-state index in [1.54, 1.807) is 11.8 Å². The van der Waals surface area contributed by atoms with Crippen LogP contribution in [-0.4, -0.2) is 18.3 Å². The zero-order valence-electron chi connectivity index (χ0n) is 7.27. The second kappa shape index (κ2) is 3.58. The smallest absolute Gasteiger partial charge is 0.310 e. The molecule has 13 heavy (non-hydrogen) atoms. The van der Waals surface area contributed by atoms with Gasteiger partial charge in [0.25, 0.3) is 0 Å². The average molecular weight is 194 g/mol. The van der Waals surface area contributed by atoms with Gasteiger partial charge >= 0.3 is 5.97 Å². The Morgan fingerprint density at radius 3 is 3.00 bits per heavy atom. The third kappa shape index (κ3) is 1.53. The summed E-state index contributed by atoms with van der Waals surface area (Å²) in [6.45, 7) is 0. The van der Waals surface area contributed by atoms with E-state index in [-0.39, 0.29) is 17.8 Å². The molecule has 2 radical (unpaired) electrons. The summed E-state index contributed by atoms with van der Waals surface area (Å²) in [5.74, 6) is 2.95. The fourth-order valence-electron chi connectivity index (χ4n) is 1.59. The molecule has 1 aliphatic carbocycles. The van der Waals surface area contributed by atoms with Crippen molar-refractivity contribution in [1.29, 1.82) is 0 Å². The van der Waals surface area contributed by atoms with Gasteiger partial charge in [-0.1, -0.05) is 24.3 Å². The second-order valence-corrected chi connectivity index (χ2v) is 4.06. The SMILES string of the molecule is COC(=O)C1[C]SC2C=CC=CC21. The van der Waals surface area contributed by atoms with E-state index >= 15 is 0 Å². The molecule has 1 heterocycles. The van der Waals surface area contributed by atoms with Gasteiger partial charge in [-0.25, -0.2) is 0 Å². The largest absolute Gasteiger partial charge is 0.469 e. The molecule has 0 aromatic rings. The predicted molar refractivity (Wildman–Crippen MR) is 51.9 cm³/mol. The normalized spacial score (nSPS) is 35.9. The van der Waals surface area contributed by atoms with Gasteiger partial charge in [-0.15, -0.1) is 11.8 Å². The maximum atomic E-state index is 11.3. The van der Waals surface area contributed by atoms with Crippen LogP contribution < -0.4 is 0 Å². The molecule has 0 aromatic carbocycles. The van der Waals surface area contributed by atoms with E-state index in [1.165, 1.54) is 7.11 Å². The van der Waals surface area contributed by atoms with Crippen molar-refractivity contribution >= 4 is 17.7 Å². The highest BCUT2D eigenvalue weighted by Gasteiger charge is 2.40. The van der Waals surface area contributed by atoms with E-state index < -0.39 is 0 Å². The molecule has 2 rings (SSSR count). The Hall–Kier alpha value is -0.700. The van der Waals surface area contributed by atoms with Crippen molar-refractivity contribution in [2.24, 2.45) is 11.8 Å². The maximum absolute atomic E-state index is 11.3. The highest BCUT2D eigenvalue weighted by atomic mass is 32.2. The van der Waals surface area contributed by atoms with E-state index in [0.717, 1.165) is 0 Å². The number of carbonyl (C=O) groups is 1. The molecule has 0 bridgehead atoms. The first-order valence-electron chi connectivity index (χ1n) is 4.17. The summed E-state index contributed by atoms with van der Waals surface area (Å²) < 4.78 is 4.71. The molecule has 0 aromatic heterocycles. The van der Waals surface area contributed by atoms with Crippen LogP contribution in [0.5, 0.6) is 0 Å². The number of methoxy groups -OCH3 is 1. The van der Waals surface area contributed by atoms with Crippen LogP contribution in [0.2, 0.25) is 0 Å². The minimum absolute atomic E-state index is 0.181. The van der Waals surface area contributed by atoms with Gasteiger partial charge in [0.1, 0.15) is 0 Å². The summed E-state index contributed by atoms with van der Waals surface area (Å²) >= 11 is 1.59. The minimum atomic E-state index is -0.193. The van der Waals surface area contributed by atoms with Crippen LogP contribution in [0, 0.1) is 17.6 Å². The number of fused-ring (bicyclic) bond motifs is 1. The Morgan fingerprint density at radius 2 is 2.23 bits per heavy atom. The van der Waals surface area contributed by atoms with Crippen molar-refractivity contribution in [2.45, 2.75) is 5.25 Å². The van der Waals surface area contributed by atoms with Crippen molar-refractivity contribution in [3.05, 3.63) is 30.1 Å². The lowest BCUT2D eigenvalue weighted by Gasteiger charge is -2.18. The third-order valence-corrected chi connectivity index (χ3v) is 3.43. The van der Waals surface area contributed by atoms with E-state index in [0.29, 0.717) is 5.25 Å². The first-order chi connectivity index (χ1) is 6.33. The Kier molecular flexibility index (Phi) is 2.44. The second-order valence-electron chi connectivity index (χ2n) is 3.05. The van der Waals surface area contributed by atoms with Crippen LogP contribution in [-0.2, 0) is 9.53 Å². The summed E-state index contributed by atoms with van der Waals surface area (Å²) in [7, 11) is 1.42. The molecule has 0 N–H and O–H groups in total. The lowest BCUT2D eigenvalue weighted by atomic mass is 9.88. The van der Waals surface area contributed by atoms with Gasteiger partial charge in [0.05, 0.1) is 18.8 Å². The number of hydrogen-bond donors (Lipinski definition) is 0. The van der Waals surface area contributed by atoms with Crippen LogP contribution in [0.3, 0.4) is 0 Å². The zero-order chi connectivity index (χ0) is 9.26. The van der Waals surface area contributed by atoms with Gasteiger partial charge < -0.3 is 4.74 Å². The third-order valence-electron chi connectivity index (χ3n) is 2.30. The molecule has 3 unspecified atom stereocenters. The number of hydrogen-bond acceptors (Lipinski definition) is 3. The van der Waals surface area contributed by atoms with Crippen LogP contribution in [0.25, 0.3) is 0 Å². The summed E-state index contributed by atoms with van der Waals surface area (Å²) in [4.78, 5) is 11.3. The number of thioether (sulfide) groups is 1. The molecular formula is C10H10O2S. The van der Waals surface area contributed by atoms with Gasteiger partial charge in [-0.3, -0.25) is 4.79 Å². The van der Waals surface area contributed by atoms with E-state index in [9.17, 15) is 4.79 Å². The lowest BCUT2D eigenvalue weighted by Crippen LogP contribution is -2.24. The molecule has 3 atom stereocenters. The van der Waals surface area contributed by atoms with Crippen molar-refractivity contribution in [1.82, 2.24) is 0 Å². The first-order valence-corrected chi connectivity index (χ1v) is 5.05. The Balaban J connectivity index is 2.13.